The van der Waals surface area contributed by atoms with Gasteiger partial charge < -0.3 is 0 Å². The molecule has 2 heterocycles. The summed E-state index contributed by atoms with van der Waals surface area (Å²) in [4.78, 5) is 10.3. The molecule has 0 amide bonds. The van der Waals surface area contributed by atoms with Gasteiger partial charge in [0.15, 0.2) is 5.82 Å². The minimum absolute atomic E-state index is 0.726. The molecule has 49 heavy (non-hydrogen) atoms. The Bertz CT molecular complexity index is 2780. The van der Waals surface area contributed by atoms with Gasteiger partial charge in [0.25, 0.3) is 0 Å². The lowest BCUT2D eigenvalue weighted by Gasteiger charge is -2.14. The number of benzene rings is 8. The van der Waals surface area contributed by atoms with Crippen LogP contribution in [0.25, 0.3) is 97.5 Å². The molecule has 0 bridgehead atoms. The summed E-state index contributed by atoms with van der Waals surface area (Å²) in [6.07, 6.45) is 0. The second-order valence-corrected chi connectivity index (χ2v) is 13.6. The topological polar surface area (TPSA) is 25.8 Å². The molecule has 3 heteroatoms. The normalized spacial score (nSPS) is 11.7. The van der Waals surface area contributed by atoms with E-state index in [1.807, 2.05) is 35.6 Å². The first-order valence-corrected chi connectivity index (χ1v) is 17.4. The van der Waals surface area contributed by atoms with Crippen LogP contribution in [0, 0.1) is 0 Å². The van der Waals surface area contributed by atoms with Crippen molar-refractivity contribution in [3.05, 3.63) is 170 Å². The summed E-state index contributed by atoms with van der Waals surface area (Å²) in [5.41, 5.74) is 7.48. The van der Waals surface area contributed by atoms with Crippen molar-refractivity contribution < 1.29 is 0 Å². The predicted octanol–water partition coefficient (Wildman–Crippen LogP) is 13.0. The van der Waals surface area contributed by atoms with Crippen molar-refractivity contribution in [2.24, 2.45) is 0 Å². The van der Waals surface area contributed by atoms with Crippen LogP contribution >= 0.6 is 11.3 Å². The molecule has 0 spiro atoms. The molecule has 0 saturated heterocycles. The molecule has 0 fully saturated rings. The van der Waals surface area contributed by atoms with Crippen molar-refractivity contribution >= 4 is 63.8 Å². The molecule has 10 rings (SSSR count). The Morgan fingerprint density at radius 2 is 0.878 bits per heavy atom. The zero-order chi connectivity index (χ0) is 32.3. The number of fused-ring (bicyclic) bond motifs is 9. The van der Waals surface area contributed by atoms with E-state index < -0.39 is 0 Å². The Hall–Kier alpha value is -6.16. The van der Waals surface area contributed by atoms with Crippen LogP contribution in [0.2, 0.25) is 0 Å². The molecule has 2 nitrogen and oxygen atoms in total. The molecule has 0 aliphatic carbocycles. The number of hydrogen-bond donors (Lipinski definition) is 0. The summed E-state index contributed by atoms with van der Waals surface area (Å²) in [7, 11) is 0. The Morgan fingerprint density at radius 3 is 1.57 bits per heavy atom. The molecule has 2 aromatic heterocycles. The van der Waals surface area contributed by atoms with Crippen molar-refractivity contribution in [1.29, 1.82) is 0 Å². The summed E-state index contributed by atoms with van der Waals surface area (Å²) in [5, 5.41) is 10.2. The van der Waals surface area contributed by atoms with E-state index in [9.17, 15) is 0 Å². The van der Waals surface area contributed by atoms with Gasteiger partial charge >= 0.3 is 0 Å². The maximum atomic E-state index is 5.22. The third kappa shape index (κ3) is 4.55. The summed E-state index contributed by atoms with van der Waals surface area (Å²) in [5.74, 6) is 0.726. The van der Waals surface area contributed by atoms with Crippen LogP contribution in [0.4, 0.5) is 0 Å². The van der Waals surface area contributed by atoms with Crippen LogP contribution in [0.3, 0.4) is 0 Å². The van der Waals surface area contributed by atoms with Crippen LogP contribution < -0.4 is 0 Å². The van der Waals surface area contributed by atoms with Crippen LogP contribution in [0.15, 0.2) is 170 Å². The first-order chi connectivity index (χ1) is 24.3. The quantitative estimate of drug-likeness (QED) is 0.179. The van der Waals surface area contributed by atoms with Gasteiger partial charge in [-0.1, -0.05) is 152 Å². The fourth-order valence-corrected chi connectivity index (χ4v) is 8.66. The monoisotopic (exact) mass is 640 g/mol. The van der Waals surface area contributed by atoms with Gasteiger partial charge in [-0.3, -0.25) is 0 Å². The highest BCUT2D eigenvalue weighted by Crippen LogP contribution is 2.46. The van der Waals surface area contributed by atoms with Crippen molar-refractivity contribution in [2.45, 2.75) is 0 Å². The molecule has 0 N–H and O–H groups in total. The third-order valence-corrected chi connectivity index (χ3v) is 10.9. The molecule has 0 aliphatic heterocycles. The fraction of sp³-hybridized carbons (Fsp3) is 0. The highest BCUT2D eigenvalue weighted by molar-refractivity contribution is 7.26. The summed E-state index contributed by atoms with van der Waals surface area (Å²) >= 11 is 1.84. The summed E-state index contributed by atoms with van der Waals surface area (Å²) in [6.45, 7) is 0. The Labute approximate surface area is 287 Å². The second-order valence-electron chi connectivity index (χ2n) is 12.5. The lowest BCUT2D eigenvalue weighted by atomic mass is 9.90. The average molecular weight is 641 g/mol. The van der Waals surface area contributed by atoms with Gasteiger partial charge in [-0.2, -0.15) is 0 Å². The molecule has 228 valence electrons. The number of nitrogens with zero attached hydrogens (tertiary/aromatic N) is 2. The SMILES string of the molecule is c1ccc(-c2cc(-c3ccc(-c4ccc5c6ccccc6c6ccccc6c5c4)c4c3sc3ccccc34)nc(-c3ccccc3)n2)cc1. The maximum Gasteiger partial charge on any atom is 0.160 e. The molecule has 0 radical (unpaired) electrons. The fourth-order valence-electron chi connectivity index (χ4n) is 7.40. The molecule has 0 saturated carbocycles. The van der Waals surface area contributed by atoms with E-state index in [0.717, 1.165) is 33.9 Å². The van der Waals surface area contributed by atoms with Gasteiger partial charge in [0.1, 0.15) is 0 Å². The summed E-state index contributed by atoms with van der Waals surface area (Å²) < 4.78 is 2.50. The largest absolute Gasteiger partial charge is 0.228 e. The van der Waals surface area contributed by atoms with Gasteiger partial charge in [0.2, 0.25) is 0 Å². The van der Waals surface area contributed by atoms with Crippen molar-refractivity contribution in [1.82, 2.24) is 9.97 Å². The van der Waals surface area contributed by atoms with E-state index in [1.165, 1.54) is 63.6 Å². The average Bonchev–Trinajstić information content (AvgIpc) is 3.58. The molecular formula is C46H28N2S. The zero-order valence-corrected chi connectivity index (χ0v) is 27.3. The molecule has 10 aromatic rings. The van der Waals surface area contributed by atoms with E-state index in [0.29, 0.717) is 0 Å². The first-order valence-electron chi connectivity index (χ1n) is 16.6. The van der Waals surface area contributed by atoms with E-state index in [4.69, 9.17) is 9.97 Å². The second kappa shape index (κ2) is 11.2. The third-order valence-electron chi connectivity index (χ3n) is 9.68. The highest BCUT2D eigenvalue weighted by atomic mass is 32.1. The molecule has 8 aromatic carbocycles. The standard InChI is InChI=1S/C46H28N2S/c1-3-13-29(14-4-1)41-28-42(48-46(47-41)30-15-5-2-6-16-30)38-26-25-32(44-39-21-11-12-22-43(39)49-45(38)44)31-23-24-37-35-19-8-7-17-33(35)34-18-9-10-20-36(34)40(37)27-31/h1-28H. The van der Waals surface area contributed by atoms with Crippen LogP contribution in [0.1, 0.15) is 0 Å². The number of rotatable bonds is 4. The van der Waals surface area contributed by atoms with Crippen molar-refractivity contribution in [3.63, 3.8) is 0 Å². The lowest BCUT2D eigenvalue weighted by Crippen LogP contribution is -1.96. The number of aromatic nitrogens is 2. The van der Waals surface area contributed by atoms with Crippen LogP contribution in [-0.2, 0) is 0 Å². The van der Waals surface area contributed by atoms with Gasteiger partial charge in [0, 0.05) is 36.9 Å². The van der Waals surface area contributed by atoms with Crippen molar-refractivity contribution in [2.75, 3.05) is 0 Å². The highest BCUT2D eigenvalue weighted by Gasteiger charge is 2.19. The Morgan fingerprint density at radius 1 is 0.347 bits per heavy atom. The number of thiophene rings is 1. The van der Waals surface area contributed by atoms with E-state index >= 15 is 0 Å². The first kappa shape index (κ1) is 27.9. The molecule has 0 atom stereocenters. The molecule has 0 aliphatic rings. The minimum atomic E-state index is 0.726. The zero-order valence-electron chi connectivity index (χ0n) is 26.5. The van der Waals surface area contributed by atoms with Gasteiger partial charge in [-0.05, 0) is 61.6 Å². The van der Waals surface area contributed by atoms with Gasteiger partial charge in [-0.15, -0.1) is 11.3 Å². The predicted molar refractivity (Wildman–Crippen MR) is 209 cm³/mol. The van der Waals surface area contributed by atoms with Crippen LogP contribution in [0.5, 0.6) is 0 Å². The minimum Gasteiger partial charge on any atom is -0.228 e. The Kier molecular flexibility index (Phi) is 6.39. The van der Waals surface area contributed by atoms with Crippen LogP contribution in [-0.4, -0.2) is 9.97 Å². The Balaban J connectivity index is 1.24. The lowest BCUT2D eigenvalue weighted by molar-refractivity contribution is 1.19. The van der Waals surface area contributed by atoms with Crippen molar-refractivity contribution in [3.8, 4) is 45.0 Å². The van der Waals surface area contributed by atoms with E-state index in [-0.39, 0.29) is 0 Å². The maximum absolute atomic E-state index is 5.22. The smallest absolute Gasteiger partial charge is 0.160 e. The van der Waals surface area contributed by atoms with Gasteiger partial charge in [0.05, 0.1) is 11.4 Å². The van der Waals surface area contributed by atoms with E-state index in [1.54, 1.807) is 0 Å². The summed E-state index contributed by atoms with van der Waals surface area (Å²) in [6, 6.07) is 60.8. The van der Waals surface area contributed by atoms with Gasteiger partial charge in [-0.25, -0.2) is 9.97 Å². The molecular weight excluding hydrogens is 613 g/mol. The molecule has 0 unspecified atom stereocenters. The van der Waals surface area contributed by atoms with E-state index in [2.05, 4.69) is 146 Å². The number of hydrogen-bond acceptors (Lipinski definition) is 3.